The Morgan fingerprint density at radius 2 is 1.80 bits per heavy atom. The third-order valence-corrected chi connectivity index (χ3v) is 2.22. The largest absolute Gasteiger partial charge is 0.416 e. The molecular weight excluding hydrogens is 227 g/mol. The Labute approximate surface area is 88.5 Å². The van der Waals surface area contributed by atoms with Crippen LogP contribution in [0.5, 0.6) is 0 Å². The third-order valence-electron chi connectivity index (χ3n) is 2.02. The van der Waals surface area contributed by atoms with Crippen LogP contribution in [-0.2, 0) is 6.18 Å². The second-order valence-corrected chi connectivity index (χ2v) is 3.45. The first kappa shape index (κ1) is 10.2. The molecule has 2 aromatic rings. The standard InChI is InChI=1S/C10H5ClF3N/c11-9-4-7-3-8(10(12,13)14)2-1-6(7)5-15-9/h1-5H. The minimum atomic E-state index is -4.33. The smallest absolute Gasteiger partial charge is 0.244 e. The lowest BCUT2D eigenvalue weighted by Gasteiger charge is -2.07. The number of hydrogen-bond acceptors (Lipinski definition) is 1. The summed E-state index contributed by atoms with van der Waals surface area (Å²) < 4.78 is 37.1. The van der Waals surface area contributed by atoms with Crippen LogP contribution in [-0.4, -0.2) is 4.98 Å². The van der Waals surface area contributed by atoms with Crippen molar-refractivity contribution in [1.82, 2.24) is 4.98 Å². The summed E-state index contributed by atoms with van der Waals surface area (Å²) in [6, 6.07) is 4.87. The van der Waals surface area contributed by atoms with Gasteiger partial charge >= 0.3 is 6.18 Å². The van der Waals surface area contributed by atoms with E-state index in [0.717, 1.165) is 12.1 Å². The van der Waals surface area contributed by atoms with Crippen molar-refractivity contribution in [2.45, 2.75) is 6.18 Å². The second kappa shape index (κ2) is 3.38. The zero-order chi connectivity index (χ0) is 11.1. The van der Waals surface area contributed by atoms with Crippen molar-refractivity contribution in [2.24, 2.45) is 0 Å². The van der Waals surface area contributed by atoms with Gasteiger partial charge in [0.25, 0.3) is 0 Å². The molecule has 0 bridgehead atoms. The van der Waals surface area contributed by atoms with Crippen molar-refractivity contribution >= 4 is 22.4 Å². The quantitative estimate of drug-likeness (QED) is 0.627. The van der Waals surface area contributed by atoms with Gasteiger partial charge in [-0.3, -0.25) is 0 Å². The van der Waals surface area contributed by atoms with Crippen molar-refractivity contribution in [2.75, 3.05) is 0 Å². The van der Waals surface area contributed by atoms with E-state index in [4.69, 9.17) is 11.6 Å². The first-order chi connectivity index (χ1) is 6.97. The number of nitrogens with zero attached hydrogens (tertiary/aromatic N) is 1. The molecule has 1 heterocycles. The van der Waals surface area contributed by atoms with E-state index < -0.39 is 11.7 Å². The molecule has 0 fully saturated rings. The number of benzene rings is 1. The van der Waals surface area contributed by atoms with Gasteiger partial charge in [0.1, 0.15) is 5.15 Å². The molecule has 0 radical (unpaired) electrons. The summed E-state index contributed by atoms with van der Waals surface area (Å²) in [6.45, 7) is 0. The van der Waals surface area contributed by atoms with Crippen LogP contribution in [0.3, 0.4) is 0 Å². The van der Waals surface area contributed by atoms with Crippen LogP contribution >= 0.6 is 11.6 Å². The second-order valence-electron chi connectivity index (χ2n) is 3.07. The first-order valence-corrected chi connectivity index (χ1v) is 4.47. The fourth-order valence-corrected chi connectivity index (χ4v) is 1.46. The fraction of sp³-hybridized carbons (Fsp3) is 0.100. The normalized spacial score (nSPS) is 12.0. The van der Waals surface area contributed by atoms with Gasteiger partial charge in [0.2, 0.25) is 0 Å². The van der Waals surface area contributed by atoms with Gasteiger partial charge in [-0.05, 0) is 23.6 Å². The predicted molar refractivity (Wildman–Crippen MR) is 51.8 cm³/mol. The molecule has 0 saturated carbocycles. The van der Waals surface area contributed by atoms with Gasteiger partial charge in [0.05, 0.1) is 5.56 Å². The highest BCUT2D eigenvalue weighted by atomic mass is 35.5. The van der Waals surface area contributed by atoms with Gasteiger partial charge in [-0.1, -0.05) is 17.7 Å². The summed E-state index contributed by atoms with van der Waals surface area (Å²) in [6.07, 6.45) is -2.89. The number of fused-ring (bicyclic) bond motifs is 1. The first-order valence-electron chi connectivity index (χ1n) is 4.09. The molecule has 1 nitrogen and oxygen atoms in total. The van der Waals surface area contributed by atoms with E-state index >= 15 is 0 Å². The highest BCUT2D eigenvalue weighted by Crippen LogP contribution is 2.31. The van der Waals surface area contributed by atoms with E-state index in [-0.39, 0.29) is 5.15 Å². The van der Waals surface area contributed by atoms with Gasteiger partial charge in [0.15, 0.2) is 0 Å². The SMILES string of the molecule is FC(F)(F)c1ccc2cnc(Cl)cc2c1. The molecule has 0 saturated heterocycles. The molecule has 5 heteroatoms. The molecule has 0 atom stereocenters. The van der Waals surface area contributed by atoms with Crippen LogP contribution in [0, 0.1) is 0 Å². The number of aromatic nitrogens is 1. The Morgan fingerprint density at radius 1 is 1.07 bits per heavy atom. The Bertz CT molecular complexity index is 507. The lowest BCUT2D eigenvalue weighted by Crippen LogP contribution is -2.04. The highest BCUT2D eigenvalue weighted by Gasteiger charge is 2.30. The Kier molecular flexibility index (Phi) is 2.31. The topological polar surface area (TPSA) is 12.9 Å². The van der Waals surface area contributed by atoms with Gasteiger partial charge in [0, 0.05) is 11.6 Å². The summed E-state index contributed by atoms with van der Waals surface area (Å²) in [5, 5.41) is 1.25. The van der Waals surface area contributed by atoms with E-state index in [9.17, 15) is 13.2 Å². The van der Waals surface area contributed by atoms with Crippen molar-refractivity contribution < 1.29 is 13.2 Å². The molecule has 0 N–H and O–H groups in total. The van der Waals surface area contributed by atoms with Crippen LogP contribution in [0.15, 0.2) is 30.5 Å². The zero-order valence-electron chi connectivity index (χ0n) is 7.35. The molecule has 0 spiro atoms. The van der Waals surface area contributed by atoms with Crippen LogP contribution in [0.4, 0.5) is 13.2 Å². The average Bonchev–Trinajstić information content (AvgIpc) is 2.15. The Balaban J connectivity index is 2.64. The van der Waals surface area contributed by atoms with Gasteiger partial charge in [-0.2, -0.15) is 13.2 Å². The summed E-state index contributed by atoms with van der Waals surface area (Å²) >= 11 is 5.59. The molecule has 0 unspecified atom stereocenters. The number of rotatable bonds is 0. The third kappa shape index (κ3) is 2.04. The van der Waals surface area contributed by atoms with Crippen molar-refractivity contribution in [1.29, 1.82) is 0 Å². The van der Waals surface area contributed by atoms with Crippen molar-refractivity contribution in [3.05, 3.63) is 41.2 Å². The molecule has 0 aliphatic rings. The average molecular weight is 232 g/mol. The zero-order valence-corrected chi connectivity index (χ0v) is 8.10. The lowest BCUT2D eigenvalue weighted by atomic mass is 10.1. The molecule has 78 valence electrons. The highest BCUT2D eigenvalue weighted by molar-refractivity contribution is 6.30. The molecule has 0 aliphatic carbocycles. The fourth-order valence-electron chi connectivity index (χ4n) is 1.29. The van der Waals surface area contributed by atoms with Crippen molar-refractivity contribution in [3.8, 4) is 0 Å². The maximum Gasteiger partial charge on any atom is 0.416 e. The van der Waals surface area contributed by atoms with Crippen LogP contribution in [0.1, 0.15) is 5.56 Å². The number of pyridine rings is 1. The van der Waals surface area contributed by atoms with Crippen LogP contribution in [0.2, 0.25) is 5.15 Å². The Hall–Kier alpha value is -1.29. The predicted octanol–water partition coefficient (Wildman–Crippen LogP) is 3.91. The summed E-state index contributed by atoms with van der Waals surface area (Å²) in [4.78, 5) is 3.78. The molecule has 1 aromatic carbocycles. The summed E-state index contributed by atoms with van der Waals surface area (Å²) in [5.74, 6) is 0. The van der Waals surface area contributed by atoms with Crippen LogP contribution < -0.4 is 0 Å². The number of hydrogen-bond donors (Lipinski definition) is 0. The molecule has 15 heavy (non-hydrogen) atoms. The monoisotopic (exact) mass is 231 g/mol. The molecule has 0 amide bonds. The Morgan fingerprint density at radius 3 is 2.47 bits per heavy atom. The van der Waals surface area contributed by atoms with E-state index in [0.29, 0.717) is 10.8 Å². The minimum Gasteiger partial charge on any atom is -0.244 e. The van der Waals surface area contributed by atoms with Crippen molar-refractivity contribution in [3.63, 3.8) is 0 Å². The number of halogens is 4. The lowest BCUT2D eigenvalue weighted by molar-refractivity contribution is -0.137. The van der Waals surface area contributed by atoms with Gasteiger partial charge < -0.3 is 0 Å². The molecule has 1 aromatic heterocycles. The molecular formula is C10H5ClF3N. The van der Waals surface area contributed by atoms with E-state index in [1.54, 1.807) is 0 Å². The number of alkyl halides is 3. The maximum absolute atomic E-state index is 12.4. The van der Waals surface area contributed by atoms with E-state index in [1.165, 1.54) is 18.3 Å². The maximum atomic E-state index is 12.4. The molecule has 2 rings (SSSR count). The van der Waals surface area contributed by atoms with Gasteiger partial charge in [-0.25, -0.2) is 4.98 Å². The minimum absolute atomic E-state index is 0.182. The van der Waals surface area contributed by atoms with Gasteiger partial charge in [-0.15, -0.1) is 0 Å². The molecule has 0 aliphatic heterocycles. The van der Waals surface area contributed by atoms with E-state index in [2.05, 4.69) is 4.98 Å². The van der Waals surface area contributed by atoms with Crippen LogP contribution in [0.25, 0.3) is 10.8 Å². The van der Waals surface area contributed by atoms with E-state index in [1.807, 2.05) is 0 Å². The summed E-state index contributed by atoms with van der Waals surface area (Å²) in [7, 11) is 0. The summed E-state index contributed by atoms with van der Waals surface area (Å²) in [5.41, 5.74) is -0.683.